The van der Waals surface area contributed by atoms with Crippen molar-refractivity contribution in [1.29, 1.82) is 0 Å². The molecule has 4 atom stereocenters. The van der Waals surface area contributed by atoms with E-state index in [1.54, 1.807) is 11.3 Å². The summed E-state index contributed by atoms with van der Waals surface area (Å²) in [4.78, 5) is 46.4. The van der Waals surface area contributed by atoms with Crippen LogP contribution in [0.15, 0.2) is 29.8 Å². The molecular weight excluding hydrogens is 526 g/mol. The van der Waals surface area contributed by atoms with E-state index < -0.39 is 18.2 Å². The van der Waals surface area contributed by atoms with Crippen LogP contribution in [0.5, 0.6) is 0 Å². The van der Waals surface area contributed by atoms with E-state index in [0.717, 1.165) is 41.1 Å². The minimum Gasteiger partial charge on any atom is -0.391 e. The lowest BCUT2D eigenvalue weighted by atomic mass is 10.0. The van der Waals surface area contributed by atoms with Crippen LogP contribution in [0.25, 0.3) is 10.4 Å². The summed E-state index contributed by atoms with van der Waals surface area (Å²) in [5.41, 5.74) is 4.82. The van der Waals surface area contributed by atoms with Gasteiger partial charge in [-0.15, -0.1) is 11.3 Å². The van der Waals surface area contributed by atoms with E-state index >= 15 is 0 Å². The highest BCUT2D eigenvalue weighted by Gasteiger charge is 2.42. The van der Waals surface area contributed by atoms with E-state index in [0.29, 0.717) is 12.5 Å². The Balaban J connectivity index is 1.60. The normalized spacial score (nSPS) is 18.7. The number of nitrogens with zero attached hydrogens (tertiary/aromatic N) is 2. The molecular formula is C30H45N5O4S. The third-order valence-electron chi connectivity index (χ3n) is 7.27. The van der Waals surface area contributed by atoms with E-state index in [2.05, 4.69) is 34.8 Å². The number of β-amino-alcohol motifs (C(OH)–C–C–N with tert-alkyl or cyclic N) is 1. The fraction of sp³-hybridized carbons (Fsp3) is 0.600. The molecule has 1 fully saturated rings. The number of aromatic nitrogens is 1. The van der Waals surface area contributed by atoms with Crippen LogP contribution >= 0.6 is 11.3 Å². The third kappa shape index (κ3) is 8.59. The third-order valence-corrected chi connectivity index (χ3v) is 8.25. The van der Waals surface area contributed by atoms with Gasteiger partial charge in [0, 0.05) is 25.4 Å². The second-order valence-corrected chi connectivity index (χ2v) is 12.2. The number of likely N-dealkylation sites (tertiary alicyclic amines) is 1. The van der Waals surface area contributed by atoms with E-state index in [9.17, 15) is 19.5 Å². The summed E-state index contributed by atoms with van der Waals surface area (Å²) < 4.78 is 0. The van der Waals surface area contributed by atoms with Gasteiger partial charge in [-0.2, -0.15) is 0 Å². The van der Waals surface area contributed by atoms with Gasteiger partial charge in [-0.1, -0.05) is 52.0 Å². The molecule has 220 valence electrons. The predicted octanol–water partition coefficient (Wildman–Crippen LogP) is 3.57. The van der Waals surface area contributed by atoms with Crippen molar-refractivity contribution in [2.24, 2.45) is 5.92 Å². The SMILES string of the molecule is Cc1ncsc1-c1ccc([C@H](C)NC(=O)[C@@H]2C[C@@H](O)CN2C(=O)[C@@H](NC(=O)CCCCNC(C)C)C(C)C)cc1. The maximum Gasteiger partial charge on any atom is 0.246 e. The molecule has 40 heavy (non-hydrogen) atoms. The lowest BCUT2D eigenvalue weighted by molar-refractivity contribution is -0.142. The zero-order valence-electron chi connectivity index (χ0n) is 24.6. The highest BCUT2D eigenvalue weighted by Crippen LogP contribution is 2.28. The van der Waals surface area contributed by atoms with Gasteiger partial charge in [-0.05, 0) is 50.3 Å². The second-order valence-electron chi connectivity index (χ2n) is 11.4. The predicted molar refractivity (Wildman–Crippen MR) is 159 cm³/mol. The molecule has 10 heteroatoms. The molecule has 0 aliphatic carbocycles. The smallest absolute Gasteiger partial charge is 0.246 e. The number of aliphatic hydroxyl groups excluding tert-OH is 1. The maximum absolute atomic E-state index is 13.6. The van der Waals surface area contributed by atoms with Crippen molar-refractivity contribution >= 4 is 29.1 Å². The van der Waals surface area contributed by atoms with Crippen molar-refractivity contribution in [2.75, 3.05) is 13.1 Å². The van der Waals surface area contributed by atoms with Crippen LogP contribution in [0.1, 0.15) is 77.6 Å². The minimum atomic E-state index is -0.802. The number of thiazole rings is 1. The second kappa shape index (κ2) is 14.7. The number of aryl methyl sites for hydroxylation is 1. The number of unbranched alkanes of at least 4 members (excludes halogenated alkanes) is 1. The van der Waals surface area contributed by atoms with Crippen LogP contribution in [0, 0.1) is 12.8 Å². The summed E-state index contributed by atoms with van der Waals surface area (Å²) >= 11 is 1.59. The Labute approximate surface area is 242 Å². The van der Waals surface area contributed by atoms with Crippen LogP contribution < -0.4 is 16.0 Å². The van der Waals surface area contributed by atoms with Crippen molar-refractivity contribution < 1.29 is 19.5 Å². The Bertz CT molecular complexity index is 1130. The summed E-state index contributed by atoms with van der Waals surface area (Å²) in [6, 6.07) is 6.55. The first-order valence-corrected chi connectivity index (χ1v) is 15.2. The number of amides is 3. The largest absolute Gasteiger partial charge is 0.391 e. The molecule has 1 aliphatic heterocycles. The van der Waals surface area contributed by atoms with Gasteiger partial charge in [0.15, 0.2) is 0 Å². The average Bonchev–Trinajstić information content (AvgIpc) is 3.51. The molecule has 1 aromatic carbocycles. The van der Waals surface area contributed by atoms with Gasteiger partial charge in [0.25, 0.3) is 0 Å². The fourth-order valence-electron chi connectivity index (χ4n) is 4.94. The Morgan fingerprint density at radius 2 is 1.77 bits per heavy atom. The topological polar surface area (TPSA) is 124 Å². The molecule has 0 bridgehead atoms. The quantitative estimate of drug-likeness (QED) is 0.273. The molecule has 0 radical (unpaired) electrons. The zero-order valence-corrected chi connectivity index (χ0v) is 25.4. The van der Waals surface area contributed by atoms with Crippen molar-refractivity contribution in [3.05, 3.63) is 41.0 Å². The number of benzene rings is 1. The highest BCUT2D eigenvalue weighted by atomic mass is 32.1. The van der Waals surface area contributed by atoms with Gasteiger partial charge in [-0.3, -0.25) is 14.4 Å². The first-order chi connectivity index (χ1) is 19.0. The molecule has 0 spiro atoms. The van der Waals surface area contributed by atoms with E-state index in [4.69, 9.17) is 0 Å². The number of hydrogen-bond acceptors (Lipinski definition) is 7. The van der Waals surface area contributed by atoms with Gasteiger partial charge in [-0.25, -0.2) is 4.98 Å². The summed E-state index contributed by atoms with van der Waals surface area (Å²) in [5, 5.41) is 19.6. The van der Waals surface area contributed by atoms with Gasteiger partial charge < -0.3 is 26.0 Å². The standard InChI is InChI=1S/C30H45N5O4S/c1-18(2)27(34-26(37)9-7-8-14-31-19(3)4)30(39)35-16-24(36)15-25(35)29(38)33-20(5)22-10-12-23(13-11-22)28-21(6)32-17-40-28/h10-13,17-20,24-25,27,31,36H,7-9,14-16H2,1-6H3,(H,33,38)(H,34,37)/t20-,24+,25-,27-/m0/s1. The molecule has 1 aliphatic rings. The van der Waals surface area contributed by atoms with Crippen LogP contribution in [0.2, 0.25) is 0 Å². The Morgan fingerprint density at radius 3 is 2.38 bits per heavy atom. The van der Waals surface area contributed by atoms with Crippen molar-refractivity contribution in [3.8, 4) is 10.4 Å². The van der Waals surface area contributed by atoms with E-state index in [1.807, 2.05) is 57.5 Å². The van der Waals surface area contributed by atoms with Crippen LogP contribution in [0.4, 0.5) is 0 Å². The number of hydrogen-bond donors (Lipinski definition) is 4. The van der Waals surface area contributed by atoms with Gasteiger partial charge in [0.05, 0.1) is 28.2 Å². The number of rotatable bonds is 13. The van der Waals surface area contributed by atoms with E-state index in [1.165, 1.54) is 4.90 Å². The molecule has 3 rings (SSSR count). The molecule has 2 aromatic rings. The summed E-state index contributed by atoms with van der Waals surface area (Å²) in [5.74, 6) is -0.993. The molecule has 1 saturated heterocycles. The van der Waals surface area contributed by atoms with Gasteiger partial charge in [0.1, 0.15) is 12.1 Å². The number of nitrogens with one attached hydrogen (secondary N) is 3. The monoisotopic (exact) mass is 571 g/mol. The molecule has 3 amide bonds. The summed E-state index contributed by atoms with van der Waals surface area (Å²) in [7, 11) is 0. The molecule has 9 nitrogen and oxygen atoms in total. The first kappa shape index (κ1) is 31.7. The number of aliphatic hydroxyl groups is 1. The average molecular weight is 572 g/mol. The van der Waals surface area contributed by atoms with Crippen LogP contribution in [-0.2, 0) is 14.4 Å². The van der Waals surface area contributed by atoms with Crippen LogP contribution in [0.3, 0.4) is 0 Å². The highest BCUT2D eigenvalue weighted by molar-refractivity contribution is 7.13. The summed E-state index contributed by atoms with van der Waals surface area (Å²) in [6.45, 7) is 12.7. The maximum atomic E-state index is 13.6. The number of carbonyl (C=O) groups excluding carboxylic acids is 3. The van der Waals surface area contributed by atoms with Crippen molar-refractivity contribution in [2.45, 2.75) is 97.5 Å². The fourth-order valence-corrected chi connectivity index (χ4v) is 5.75. The lowest BCUT2D eigenvalue weighted by Gasteiger charge is -2.31. The Kier molecular flexibility index (Phi) is 11.7. The lowest BCUT2D eigenvalue weighted by Crippen LogP contribution is -2.55. The van der Waals surface area contributed by atoms with Crippen molar-refractivity contribution in [3.63, 3.8) is 0 Å². The Hall–Kier alpha value is -2.82. The molecule has 0 saturated carbocycles. The molecule has 0 unspecified atom stereocenters. The van der Waals surface area contributed by atoms with Crippen molar-refractivity contribution in [1.82, 2.24) is 25.8 Å². The molecule has 4 N–H and O–H groups in total. The van der Waals surface area contributed by atoms with Gasteiger partial charge in [0.2, 0.25) is 17.7 Å². The molecule has 2 heterocycles. The van der Waals surface area contributed by atoms with E-state index in [-0.39, 0.29) is 42.6 Å². The first-order valence-electron chi connectivity index (χ1n) is 14.3. The molecule has 1 aromatic heterocycles. The Morgan fingerprint density at radius 1 is 1.07 bits per heavy atom. The van der Waals surface area contributed by atoms with Crippen LogP contribution in [-0.4, -0.2) is 70.0 Å². The minimum absolute atomic E-state index is 0.0637. The van der Waals surface area contributed by atoms with Gasteiger partial charge >= 0.3 is 0 Å². The zero-order chi connectivity index (χ0) is 29.4. The summed E-state index contributed by atoms with van der Waals surface area (Å²) in [6.07, 6.45) is 1.30. The number of carbonyl (C=O) groups is 3.